The molecule has 0 fully saturated rings. The minimum atomic E-state index is -4.33. The molecule has 0 aromatic heterocycles. The van der Waals surface area contributed by atoms with Crippen molar-refractivity contribution in [2.75, 3.05) is 0 Å². The van der Waals surface area contributed by atoms with E-state index < -0.39 is 9.05 Å². The summed E-state index contributed by atoms with van der Waals surface area (Å²) in [4.78, 5) is 0. The molecule has 9 heavy (non-hydrogen) atoms. The topological polar surface area (TPSA) is 133 Å². The van der Waals surface area contributed by atoms with Gasteiger partial charge in [0.2, 0.25) is 0 Å². The summed E-state index contributed by atoms with van der Waals surface area (Å²) >= 11 is 3.24. The van der Waals surface area contributed by atoms with Crippen molar-refractivity contribution in [1.82, 2.24) is 12.3 Å². The Labute approximate surface area is 89.9 Å². The molecule has 6 N–H and O–H groups in total. The predicted molar refractivity (Wildman–Crippen MR) is 27.1 cm³/mol. The molecule has 0 atom stereocenters. The van der Waals surface area contributed by atoms with Gasteiger partial charge in [-0.1, -0.05) is 0 Å². The van der Waals surface area contributed by atoms with Crippen molar-refractivity contribution in [3.05, 3.63) is 0 Å². The zero-order valence-corrected chi connectivity index (χ0v) is 8.66. The summed E-state index contributed by atoms with van der Waals surface area (Å²) in [6.45, 7) is 0. The third-order valence-electron chi connectivity index (χ3n) is 0. The van der Waals surface area contributed by atoms with E-state index in [9.17, 15) is 0 Å². The van der Waals surface area contributed by atoms with Crippen molar-refractivity contribution in [2.24, 2.45) is 0 Å². The van der Waals surface area contributed by atoms with Crippen LogP contribution in [0.5, 0.6) is 0 Å². The second-order valence-electron chi connectivity index (χ2n) is 0.408. The van der Waals surface area contributed by atoms with Gasteiger partial charge in [0, 0.05) is 0 Å². The molecule has 0 saturated heterocycles. The van der Waals surface area contributed by atoms with Crippen molar-refractivity contribution >= 4 is 20.2 Å². The Morgan fingerprint density at radius 1 is 1.11 bits per heavy atom. The zero-order chi connectivity index (χ0) is 4.50. The van der Waals surface area contributed by atoms with Crippen LogP contribution in [0.3, 0.4) is 0 Å². The summed E-state index contributed by atoms with van der Waals surface area (Å²) in [7, 11) is -4.33. The molecule has 0 unspecified atom stereocenters. The summed E-state index contributed by atoms with van der Waals surface area (Å²) < 4.78 is 26.7. The van der Waals surface area contributed by atoms with Crippen LogP contribution in [-0.2, 0) is 65.0 Å². The standard InChI is InChI=1S/2Ag.2H3N.H2O3S2/c;;;;1-5(2,3)4/h;;2*1H3;(H2,1,2,3,4)/q2*+1;;;/p-2. The molecule has 0 aromatic rings. The molecule has 0 spiro atoms. The van der Waals surface area contributed by atoms with E-state index in [1.54, 1.807) is 0 Å². The fourth-order valence-electron chi connectivity index (χ4n) is 0. The van der Waals surface area contributed by atoms with Gasteiger partial charge in [0.25, 0.3) is 0 Å². The molecule has 9 heteroatoms. The van der Waals surface area contributed by atoms with Crippen LogP contribution in [0, 0.1) is 0 Å². The first-order valence-electron chi connectivity index (χ1n) is 0.667. The average molecular weight is 362 g/mol. The Balaban J connectivity index is -0.0000000133. The fraction of sp³-hybridized carbons (Fsp3) is 0. The van der Waals surface area contributed by atoms with E-state index in [4.69, 9.17) is 13.3 Å². The van der Waals surface area contributed by atoms with E-state index >= 15 is 0 Å². The van der Waals surface area contributed by atoms with Crippen LogP contribution in [0.25, 0.3) is 0 Å². The number of hydrogen-bond donors (Lipinski definition) is 2. The van der Waals surface area contributed by atoms with E-state index in [1.165, 1.54) is 0 Å². The van der Waals surface area contributed by atoms with Crippen LogP contribution in [0.4, 0.5) is 0 Å². The summed E-state index contributed by atoms with van der Waals surface area (Å²) in [6.07, 6.45) is 0. The van der Waals surface area contributed by atoms with Gasteiger partial charge in [0.15, 0.2) is 0 Å². The van der Waals surface area contributed by atoms with Crippen LogP contribution in [0.2, 0.25) is 0 Å². The largest absolute Gasteiger partial charge is 1.00 e. The van der Waals surface area contributed by atoms with Crippen molar-refractivity contribution in [1.29, 1.82) is 0 Å². The maximum atomic E-state index is 8.89. The fourth-order valence-corrected chi connectivity index (χ4v) is 0. The van der Waals surface area contributed by atoms with Gasteiger partial charge < -0.3 is 21.4 Å². The third kappa shape index (κ3) is 201. The van der Waals surface area contributed by atoms with Crippen molar-refractivity contribution in [2.45, 2.75) is 0 Å². The molecule has 0 saturated carbocycles. The van der Waals surface area contributed by atoms with Gasteiger partial charge in [0.1, 0.15) is 0 Å². The maximum absolute atomic E-state index is 8.89. The first kappa shape index (κ1) is 31.0. The van der Waals surface area contributed by atoms with Crippen LogP contribution in [0.15, 0.2) is 0 Å². The van der Waals surface area contributed by atoms with Crippen LogP contribution >= 0.6 is 0 Å². The van der Waals surface area contributed by atoms with Crippen LogP contribution in [-0.4, -0.2) is 13.3 Å². The molecule has 0 radical (unpaired) electrons. The molecule has 0 amide bonds. The Morgan fingerprint density at radius 3 is 1.11 bits per heavy atom. The van der Waals surface area contributed by atoms with Gasteiger partial charge in [0.05, 0.1) is 0 Å². The molecule has 0 aromatic carbocycles. The van der Waals surface area contributed by atoms with Gasteiger partial charge in [-0.25, -0.2) is 0 Å². The van der Waals surface area contributed by atoms with Gasteiger partial charge in [-0.15, -0.1) is 9.05 Å². The Morgan fingerprint density at radius 2 is 1.11 bits per heavy atom. The van der Waals surface area contributed by atoms with Crippen molar-refractivity contribution < 1.29 is 58.1 Å². The van der Waals surface area contributed by atoms with Crippen molar-refractivity contribution in [3.8, 4) is 0 Å². The Bertz CT molecular complexity index is 101. The second kappa shape index (κ2) is 12.4. The molecule has 0 heterocycles. The summed E-state index contributed by atoms with van der Waals surface area (Å²) in [5, 5.41) is 0. The first-order chi connectivity index (χ1) is 2.00. The minimum Gasteiger partial charge on any atom is -0.780 e. The molecule has 0 bridgehead atoms. The Kier molecular flexibility index (Phi) is 42.6. The molecule has 0 aliphatic rings. The van der Waals surface area contributed by atoms with E-state index in [1.807, 2.05) is 0 Å². The van der Waals surface area contributed by atoms with Gasteiger partial charge in [-0.05, 0) is 11.2 Å². The molecule has 0 aliphatic carbocycles. The minimum absolute atomic E-state index is 0. The third-order valence-corrected chi connectivity index (χ3v) is 0. The molecule has 5 nitrogen and oxygen atoms in total. The predicted octanol–water partition coefficient (Wildman–Crippen LogP) is -0.688. The molecule has 0 rings (SSSR count). The Hall–Kier alpha value is 1.69. The van der Waals surface area contributed by atoms with Crippen molar-refractivity contribution in [3.63, 3.8) is 0 Å². The van der Waals surface area contributed by atoms with Gasteiger partial charge >= 0.3 is 44.8 Å². The maximum Gasteiger partial charge on any atom is 1.00 e. The summed E-state index contributed by atoms with van der Waals surface area (Å²) in [5.41, 5.74) is 0. The quantitative estimate of drug-likeness (QED) is 0.549. The number of rotatable bonds is 0. The molecule has 68 valence electrons. The van der Waals surface area contributed by atoms with Crippen LogP contribution in [0.1, 0.15) is 0 Å². The summed E-state index contributed by atoms with van der Waals surface area (Å²) in [5.74, 6) is 0. The van der Waals surface area contributed by atoms with E-state index in [2.05, 4.69) is 11.2 Å². The monoisotopic (exact) mass is 360 g/mol. The van der Waals surface area contributed by atoms with Crippen LogP contribution < -0.4 is 12.3 Å². The SMILES string of the molecule is N.N.O=S([O-])([O-])=S.[Ag+].[Ag+]. The normalized spacial score (nSPS) is 6.44. The smallest absolute Gasteiger partial charge is 0.780 e. The first-order valence-corrected chi connectivity index (χ1v) is 3.00. The second-order valence-corrected chi connectivity index (χ2v) is 2.45. The summed E-state index contributed by atoms with van der Waals surface area (Å²) in [6, 6.07) is 0. The van der Waals surface area contributed by atoms with E-state index in [0.717, 1.165) is 0 Å². The van der Waals surface area contributed by atoms with Gasteiger partial charge in [-0.2, -0.15) is 0 Å². The molecular weight excluding hydrogens is 356 g/mol. The molecule has 0 aliphatic heterocycles. The zero-order valence-electron chi connectivity index (χ0n) is 4.06. The average Bonchev–Trinajstić information content (AvgIpc) is 0.722. The van der Waals surface area contributed by atoms with Gasteiger partial charge in [-0.3, -0.25) is 4.21 Å². The van der Waals surface area contributed by atoms with E-state index in [-0.39, 0.29) is 57.1 Å². The number of hydrogen-bond acceptors (Lipinski definition) is 6. The molecular formula is H6Ag2N2O3S2. The van der Waals surface area contributed by atoms with E-state index in [0.29, 0.717) is 0 Å².